The Kier molecular flexibility index (Phi) is 7.21. The molecule has 0 unspecified atom stereocenters. The average Bonchev–Trinajstić information content (AvgIpc) is 3.13. The van der Waals surface area contributed by atoms with Gasteiger partial charge in [-0.25, -0.2) is 9.48 Å². The second-order valence-electron chi connectivity index (χ2n) is 10.0. The highest BCUT2D eigenvalue weighted by atomic mass is 16.6. The summed E-state index contributed by atoms with van der Waals surface area (Å²) >= 11 is 0. The molecular formula is C29H31N5O4. The topological polar surface area (TPSA) is 121 Å². The summed E-state index contributed by atoms with van der Waals surface area (Å²) in [7, 11) is 0. The number of aryl methyl sites for hydroxylation is 3. The van der Waals surface area contributed by atoms with E-state index in [1.54, 1.807) is 39.8 Å². The number of phenols is 1. The number of phenolic OH excluding ortho intramolecular Hbond substituents is 1. The number of aromatic hydroxyl groups is 1. The highest BCUT2D eigenvalue weighted by Crippen LogP contribution is 2.43. The van der Waals surface area contributed by atoms with E-state index in [1.165, 1.54) is 4.68 Å². The second kappa shape index (κ2) is 10.4. The van der Waals surface area contributed by atoms with Gasteiger partial charge in [-0.15, -0.1) is 10.2 Å². The average molecular weight is 514 g/mol. The minimum Gasteiger partial charge on any atom is -0.505 e. The fourth-order valence-corrected chi connectivity index (χ4v) is 3.85. The van der Waals surface area contributed by atoms with Gasteiger partial charge in [-0.1, -0.05) is 36.4 Å². The molecule has 0 radical (unpaired) electrons. The number of nitrogens with one attached hydrogen (secondary N) is 2. The summed E-state index contributed by atoms with van der Waals surface area (Å²) in [5.41, 5.74) is 3.71. The number of aromatic amines is 1. The molecule has 0 aliphatic rings. The van der Waals surface area contributed by atoms with Crippen molar-refractivity contribution >= 4 is 23.2 Å². The number of nitrogens with zero attached hydrogens (tertiary/aromatic N) is 3. The van der Waals surface area contributed by atoms with Gasteiger partial charge in [-0.05, 0) is 82.5 Å². The molecule has 0 bridgehead atoms. The molecule has 9 nitrogen and oxygen atoms in total. The third kappa shape index (κ3) is 5.67. The largest absolute Gasteiger partial charge is 0.505 e. The third-order valence-corrected chi connectivity index (χ3v) is 5.91. The van der Waals surface area contributed by atoms with Crippen LogP contribution in [-0.2, 0) is 4.74 Å². The predicted molar refractivity (Wildman–Crippen MR) is 148 cm³/mol. The number of rotatable bonds is 5. The minimum absolute atomic E-state index is 0.00468. The Labute approximate surface area is 220 Å². The van der Waals surface area contributed by atoms with E-state index in [0.717, 1.165) is 16.7 Å². The molecule has 9 heteroatoms. The molecule has 0 fully saturated rings. The Morgan fingerprint density at radius 3 is 2.29 bits per heavy atom. The molecule has 1 aromatic heterocycles. The first-order valence-electron chi connectivity index (χ1n) is 12.2. The van der Waals surface area contributed by atoms with Crippen LogP contribution in [0.25, 0.3) is 16.8 Å². The molecular weight excluding hydrogens is 482 g/mol. The van der Waals surface area contributed by atoms with E-state index >= 15 is 0 Å². The zero-order valence-corrected chi connectivity index (χ0v) is 22.3. The van der Waals surface area contributed by atoms with Gasteiger partial charge < -0.3 is 9.84 Å². The van der Waals surface area contributed by atoms with Crippen molar-refractivity contribution in [2.75, 3.05) is 5.32 Å². The first kappa shape index (κ1) is 26.4. The van der Waals surface area contributed by atoms with Gasteiger partial charge in [0, 0.05) is 5.56 Å². The molecule has 196 valence electrons. The number of azo groups is 1. The summed E-state index contributed by atoms with van der Waals surface area (Å²) in [5.74, 6) is -0.198. The highest BCUT2D eigenvalue weighted by Gasteiger charge is 2.21. The van der Waals surface area contributed by atoms with Crippen LogP contribution in [0.5, 0.6) is 5.75 Å². The van der Waals surface area contributed by atoms with Crippen LogP contribution in [0.4, 0.5) is 21.9 Å². The van der Waals surface area contributed by atoms with E-state index in [2.05, 4.69) is 20.6 Å². The standard InChI is InChI=1S/C29H31N5O4/c1-17-12-13-21(16-18(17)2)34-27(36)24(19(3)33-34)31-32-25-23(30-28(37)38-29(4,5)6)15-14-22(26(25)35)20-10-8-7-9-11-20/h7-16,33,35H,1-6H3,(H,30,37). The molecule has 4 rings (SSSR count). The van der Waals surface area contributed by atoms with Gasteiger partial charge in [0.25, 0.3) is 5.56 Å². The number of carbonyl (C=O) groups excluding carboxylic acids is 1. The third-order valence-electron chi connectivity index (χ3n) is 5.91. The van der Waals surface area contributed by atoms with Crippen LogP contribution in [-0.4, -0.2) is 26.6 Å². The van der Waals surface area contributed by atoms with E-state index in [-0.39, 0.29) is 22.8 Å². The number of hydrogen-bond acceptors (Lipinski definition) is 6. The summed E-state index contributed by atoms with van der Waals surface area (Å²) < 4.78 is 6.76. The predicted octanol–water partition coefficient (Wildman–Crippen LogP) is 7.23. The smallest absolute Gasteiger partial charge is 0.412 e. The summed E-state index contributed by atoms with van der Waals surface area (Å²) in [4.78, 5) is 25.7. The minimum atomic E-state index is -0.723. The summed E-state index contributed by atoms with van der Waals surface area (Å²) in [6, 6.07) is 18.2. The lowest BCUT2D eigenvalue weighted by Crippen LogP contribution is -2.27. The van der Waals surface area contributed by atoms with Crippen LogP contribution in [0.1, 0.15) is 37.6 Å². The molecule has 0 aliphatic carbocycles. The first-order valence-corrected chi connectivity index (χ1v) is 12.2. The van der Waals surface area contributed by atoms with Gasteiger partial charge in [0.15, 0.2) is 17.1 Å². The molecule has 0 spiro atoms. The Hall–Kier alpha value is -4.66. The number of carbonyl (C=O) groups is 1. The second-order valence-corrected chi connectivity index (χ2v) is 10.0. The van der Waals surface area contributed by atoms with E-state index in [4.69, 9.17) is 4.74 Å². The van der Waals surface area contributed by atoms with Gasteiger partial charge in [0.2, 0.25) is 0 Å². The van der Waals surface area contributed by atoms with Crippen molar-refractivity contribution in [3.8, 4) is 22.6 Å². The lowest BCUT2D eigenvalue weighted by Gasteiger charge is -2.20. The lowest BCUT2D eigenvalue weighted by atomic mass is 10.0. The zero-order chi connectivity index (χ0) is 27.6. The quantitative estimate of drug-likeness (QED) is 0.244. The molecule has 0 atom stereocenters. The SMILES string of the molecule is Cc1ccc(-n2[nH]c(C)c(N=Nc3c(NC(=O)OC(C)(C)C)ccc(-c4ccccc4)c3O)c2=O)cc1C. The number of benzene rings is 3. The van der Waals surface area contributed by atoms with Crippen LogP contribution < -0.4 is 10.9 Å². The number of anilines is 1. The van der Waals surface area contributed by atoms with Gasteiger partial charge >= 0.3 is 6.09 Å². The number of aromatic nitrogens is 2. The van der Waals surface area contributed by atoms with E-state index in [0.29, 0.717) is 16.9 Å². The van der Waals surface area contributed by atoms with Gasteiger partial charge in [-0.2, -0.15) is 0 Å². The Bertz CT molecular complexity index is 1580. The number of amides is 1. The molecule has 1 heterocycles. The van der Waals surface area contributed by atoms with Crippen molar-refractivity contribution in [1.82, 2.24) is 9.78 Å². The van der Waals surface area contributed by atoms with Gasteiger partial charge in [-0.3, -0.25) is 15.2 Å². The summed E-state index contributed by atoms with van der Waals surface area (Å²) in [5, 5.41) is 25.3. The fourth-order valence-electron chi connectivity index (χ4n) is 3.85. The molecule has 0 saturated carbocycles. The maximum atomic E-state index is 13.2. The van der Waals surface area contributed by atoms with E-state index < -0.39 is 17.3 Å². The number of H-pyrrole nitrogens is 1. The zero-order valence-electron chi connectivity index (χ0n) is 22.3. The van der Waals surface area contributed by atoms with Gasteiger partial charge in [0.05, 0.1) is 17.1 Å². The molecule has 1 amide bonds. The first-order chi connectivity index (χ1) is 17.9. The van der Waals surface area contributed by atoms with Crippen molar-refractivity contribution in [1.29, 1.82) is 0 Å². The molecule has 3 aromatic carbocycles. The normalized spacial score (nSPS) is 11.6. The maximum Gasteiger partial charge on any atom is 0.412 e. The summed E-state index contributed by atoms with van der Waals surface area (Å²) in [6.45, 7) is 10.9. The van der Waals surface area contributed by atoms with Crippen molar-refractivity contribution in [2.24, 2.45) is 10.2 Å². The fraction of sp³-hybridized carbons (Fsp3) is 0.241. The van der Waals surface area contributed by atoms with Crippen molar-refractivity contribution in [2.45, 2.75) is 47.1 Å². The lowest BCUT2D eigenvalue weighted by molar-refractivity contribution is 0.0636. The van der Waals surface area contributed by atoms with Crippen molar-refractivity contribution in [3.05, 3.63) is 87.8 Å². The van der Waals surface area contributed by atoms with Crippen LogP contribution in [0.15, 0.2) is 75.7 Å². The van der Waals surface area contributed by atoms with Crippen LogP contribution in [0.2, 0.25) is 0 Å². The van der Waals surface area contributed by atoms with Crippen molar-refractivity contribution < 1.29 is 14.6 Å². The molecule has 0 saturated heterocycles. The monoisotopic (exact) mass is 513 g/mol. The summed E-state index contributed by atoms with van der Waals surface area (Å²) in [6.07, 6.45) is -0.712. The molecule has 4 aromatic rings. The van der Waals surface area contributed by atoms with E-state index in [1.807, 2.05) is 62.4 Å². The van der Waals surface area contributed by atoms with Crippen LogP contribution in [0.3, 0.4) is 0 Å². The highest BCUT2D eigenvalue weighted by molar-refractivity contribution is 5.93. The van der Waals surface area contributed by atoms with E-state index in [9.17, 15) is 14.7 Å². The Morgan fingerprint density at radius 1 is 0.947 bits per heavy atom. The van der Waals surface area contributed by atoms with Gasteiger partial charge in [0.1, 0.15) is 5.60 Å². The van der Waals surface area contributed by atoms with Crippen molar-refractivity contribution in [3.63, 3.8) is 0 Å². The maximum absolute atomic E-state index is 13.2. The molecule has 38 heavy (non-hydrogen) atoms. The number of ether oxygens (including phenoxy) is 1. The Balaban J connectivity index is 1.78. The Morgan fingerprint density at radius 2 is 1.63 bits per heavy atom. The number of hydrogen-bond donors (Lipinski definition) is 3. The molecule has 3 N–H and O–H groups in total. The molecule has 0 aliphatic heterocycles. The van der Waals surface area contributed by atoms with Crippen LogP contribution in [0, 0.1) is 20.8 Å². The van der Waals surface area contributed by atoms with Crippen LogP contribution >= 0.6 is 0 Å².